The molecule has 0 radical (unpaired) electrons. The predicted molar refractivity (Wildman–Crippen MR) is 68.3 cm³/mol. The van der Waals surface area contributed by atoms with Crippen LogP contribution >= 0.6 is 0 Å². The first-order valence-corrected chi connectivity index (χ1v) is 5.94. The summed E-state index contributed by atoms with van der Waals surface area (Å²) in [5, 5.41) is 0. The predicted octanol–water partition coefficient (Wildman–Crippen LogP) is 1.79. The van der Waals surface area contributed by atoms with Gasteiger partial charge in [-0.05, 0) is 25.7 Å². The zero-order valence-corrected chi connectivity index (χ0v) is 10.7. The number of nitrogens with zero attached hydrogens (tertiary/aromatic N) is 2. The third kappa shape index (κ3) is 2.76. The number of carbonyl (C=O) groups is 1. The van der Waals surface area contributed by atoms with Gasteiger partial charge in [0.05, 0.1) is 0 Å². The zero-order valence-electron chi connectivity index (χ0n) is 10.7. The SMILES string of the molecule is CN(C)C/C=C/C(=O)N1Cc2cccc(F)c2C1. The van der Waals surface area contributed by atoms with Crippen LogP contribution in [0.5, 0.6) is 0 Å². The van der Waals surface area contributed by atoms with Crippen LogP contribution in [0, 0.1) is 5.82 Å². The summed E-state index contributed by atoms with van der Waals surface area (Å²) < 4.78 is 13.5. The van der Waals surface area contributed by atoms with Crippen molar-refractivity contribution in [3.05, 3.63) is 47.3 Å². The Hall–Kier alpha value is -1.68. The Labute approximate surface area is 107 Å². The Balaban J connectivity index is 2.01. The number of likely N-dealkylation sites (N-methyl/N-ethyl adjacent to an activating group) is 1. The molecule has 0 spiro atoms. The molecule has 0 unspecified atom stereocenters. The third-order valence-corrected chi connectivity index (χ3v) is 2.97. The highest BCUT2D eigenvalue weighted by atomic mass is 19.1. The van der Waals surface area contributed by atoms with Gasteiger partial charge in [-0.1, -0.05) is 18.2 Å². The van der Waals surface area contributed by atoms with Crippen LogP contribution in [-0.4, -0.2) is 36.3 Å². The van der Waals surface area contributed by atoms with Crippen molar-refractivity contribution in [2.45, 2.75) is 13.1 Å². The summed E-state index contributed by atoms with van der Waals surface area (Å²) in [6, 6.07) is 4.99. The monoisotopic (exact) mass is 248 g/mol. The van der Waals surface area contributed by atoms with Crippen LogP contribution < -0.4 is 0 Å². The largest absolute Gasteiger partial charge is 0.330 e. The summed E-state index contributed by atoms with van der Waals surface area (Å²) in [5.74, 6) is -0.285. The summed E-state index contributed by atoms with van der Waals surface area (Å²) in [6.07, 6.45) is 3.38. The molecule has 1 amide bonds. The van der Waals surface area contributed by atoms with Gasteiger partial charge in [0.1, 0.15) is 5.82 Å². The molecule has 1 aromatic rings. The highest BCUT2D eigenvalue weighted by molar-refractivity contribution is 5.88. The molecule has 0 atom stereocenters. The summed E-state index contributed by atoms with van der Waals surface area (Å²) >= 11 is 0. The molecule has 96 valence electrons. The molecule has 1 heterocycles. The Morgan fingerprint density at radius 1 is 1.44 bits per heavy atom. The number of benzene rings is 1. The summed E-state index contributed by atoms with van der Waals surface area (Å²) in [4.78, 5) is 15.5. The van der Waals surface area contributed by atoms with Crippen LogP contribution in [0.1, 0.15) is 11.1 Å². The lowest BCUT2D eigenvalue weighted by atomic mass is 10.1. The van der Waals surface area contributed by atoms with Gasteiger partial charge < -0.3 is 9.80 Å². The Kier molecular flexibility index (Phi) is 3.77. The molecule has 0 fully saturated rings. The molecule has 18 heavy (non-hydrogen) atoms. The van der Waals surface area contributed by atoms with E-state index >= 15 is 0 Å². The summed E-state index contributed by atoms with van der Waals surface area (Å²) in [7, 11) is 3.88. The highest BCUT2D eigenvalue weighted by Gasteiger charge is 2.23. The maximum atomic E-state index is 13.5. The number of rotatable bonds is 3. The molecule has 1 aliphatic heterocycles. The number of hydrogen-bond acceptors (Lipinski definition) is 2. The second-order valence-electron chi connectivity index (χ2n) is 4.74. The van der Waals surface area contributed by atoms with Gasteiger partial charge in [-0.15, -0.1) is 0 Å². The molecule has 0 saturated carbocycles. The lowest BCUT2D eigenvalue weighted by Gasteiger charge is -2.12. The zero-order chi connectivity index (χ0) is 13.1. The number of amides is 1. The van der Waals surface area contributed by atoms with E-state index in [9.17, 15) is 9.18 Å². The second-order valence-corrected chi connectivity index (χ2v) is 4.74. The molecular formula is C14H17FN2O. The average Bonchev–Trinajstić information content (AvgIpc) is 2.74. The standard InChI is InChI=1S/C14H17FN2O/c1-16(2)8-4-7-14(18)17-9-11-5-3-6-13(15)12(11)10-17/h3-7H,8-10H2,1-2H3/b7-4+. The van der Waals surface area contributed by atoms with Crippen molar-refractivity contribution in [2.75, 3.05) is 20.6 Å². The van der Waals surface area contributed by atoms with Crippen LogP contribution in [0.25, 0.3) is 0 Å². The van der Waals surface area contributed by atoms with Gasteiger partial charge in [0.15, 0.2) is 0 Å². The molecule has 0 N–H and O–H groups in total. The van der Waals surface area contributed by atoms with Crippen molar-refractivity contribution in [2.24, 2.45) is 0 Å². The number of hydrogen-bond donors (Lipinski definition) is 0. The molecule has 0 aromatic heterocycles. The van der Waals surface area contributed by atoms with Crippen molar-refractivity contribution >= 4 is 5.91 Å². The maximum Gasteiger partial charge on any atom is 0.246 e. The quantitative estimate of drug-likeness (QED) is 0.761. The third-order valence-electron chi connectivity index (χ3n) is 2.97. The fourth-order valence-corrected chi connectivity index (χ4v) is 2.01. The van der Waals surface area contributed by atoms with E-state index in [0.29, 0.717) is 18.7 Å². The normalized spacial score (nSPS) is 14.6. The number of halogens is 1. The topological polar surface area (TPSA) is 23.6 Å². The van der Waals surface area contributed by atoms with E-state index in [0.717, 1.165) is 12.1 Å². The van der Waals surface area contributed by atoms with Crippen LogP contribution in [-0.2, 0) is 17.9 Å². The maximum absolute atomic E-state index is 13.5. The van der Waals surface area contributed by atoms with E-state index in [4.69, 9.17) is 0 Å². The van der Waals surface area contributed by atoms with E-state index in [1.165, 1.54) is 6.07 Å². The summed E-state index contributed by atoms with van der Waals surface area (Å²) in [6.45, 7) is 1.59. The van der Waals surface area contributed by atoms with E-state index in [2.05, 4.69) is 0 Å². The van der Waals surface area contributed by atoms with Gasteiger partial charge in [0.25, 0.3) is 0 Å². The fourth-order valence-electron chi connectivity index (χ4n) is 2.01. The molecule has 4 heteroatoms. The first-order valence-electron chi connectivity index (χ1n) is 5.94. The lowest BCUT2D eigenvalue weighted by Crippen LogP contribution is -2.23. The molecular weight excluding hydrogens is 231 g/mol. The molecule has 1 aliphatic rings. The number of fused-ring (bicyclic) bond motifs is 1. The van der Waals surface area contributed by atoms with Crippen LogP contribution in [0.2, 0.25) is 0 Å². The first kappa shape index (κ1) is 12.8. The molecule has 0 aliphatic carbocycles. The van der Waals surface area contributed by atoms with Crippen molar-refractivity contribution in [3.63, 3.8) is 0 Å². The molecule has 2 rings (SSSR count). The first-order chi connectivity index (χ1) is 8.58. The van der Waals surface area contributed by atoms with Gasteiger partial charge in [0.2, 0.25) is 5.91 Å². The summed E-state index contributed by atoms with van der Waals surface area (Å²) in [5.41, 5.74) is 1.55. The smallest absolute Gasteiger partial charge is 0.246 e. The van der Waals surface area contributed by atoms with E-state index in [-0.39, 0.29) is 11.7 Å². The highest BCUT2D eigenvalue weighted by Crippen LogP contribution is 2.25. The van der Waals surface area contributed by atoms with Gasteiger partial charge in [-0.25, -0.2) is 4.39 Å². The Bertz CT molecular complexity index is 483. The minimum Gasteiger partial charge on any atom is -0.330 e. The van der Waals surface area contributed by atoms with Gasteiger partial charge in [0, 0.05) is 31.3 Å². The van der Waals surface area contributed by atoms with E-state index in [1.54, 1.807) is 17.0 Å². The van der Waals surface area contributed by atoms with Crippen molar-refractivity contribution < 1.29 is 9.18 Å². The average molecular weight is 248 g/mol. The fraction of sp³-hybridized carbons (Fsp3) is 0.357. The Morgan fingerprint density at radius 3 is 2.89 bits per heavy atom. The van der Waals surface area contributed by atoms with Crippen LogP contribution in [0.4, 0.5) is 4.39 Å². The van der Waals surface area contributed by atoms with Gasteiger partial charge >= 0.3 is 0 Å². The van der Waals surface area contributed by atoms with Crippen LogP contribution in [0.15, 0.2) is 30.4 Å². The molecule has 0 saturated heterocycles. The molecule has 1 aromatic carbocycles. The lowest BCUT2D eigenvalue weighted by molar-refractivity contribution is -0.126. The minimum absolute atomic E-state index is 0.0625. The van der Waals surface area contributed by atoms with Gasteiger partial charge in [-0.3, -0.25) is 4.79 Å². The minimum atomic E-state index is -0.222. The van der Waals surface area contributed by atoms with Crippen molar-refractivity contribution in [1.82, 2.24) is 9.80 Å². The number of carbonyl (C=O) groups excluding carboxylic acids is 1. The van der Waals surface area contributed by atoms with E-state index in [1.807, 2.05) is 31.1 Å². The van der Waals surface area contributed by atoms with Crippen molar-refractivity contribution in [3.8, 4) is 0 Å². The second kappa shape index (κ2) is 5.31. The van der Waals surface area contributed by atoms with Crippen molar-refractivity contribution in [1.29, 1.82) is 0 Å². The van der Waals surface area contributed by atoms with Crippen LogP contribution in [0.3, 0.4) is 0 Å². The van der Waals surface area contributed by atoms with Gasteiger partial charge in [-0.2, -0.15) is 0 Å². The van der Waals surface area contributed by atoms with E-state index < -0.39 is 0 Å². The molecule has 3 nitrogen and oxygen atoms in total. The molecule has 0 bridgehead atoms. The Morgan fingerprint density at radius 2 is 2.22 bits per heavy atom.